The third-order valence-corrected chi connectivity index (χ3v) is 1.65. The van der Waals surface area contributed by atoms with Gasteiger partial charge in [0.2, 0.25) is 0 Å². The second-order valence-corrected chi connectivity index (χ2v) is 2.62. The highest BCUT2D eigenvalue weighted by atomic mass is 16.6. The zero-order valence-corrected chi connectivity index (χ0v) is 7.42. The van der Waals surface area contributed by atoms with Gasteiger partial charge in [0.25, 0.3) is 0 Å². The van der Waals surface area contributed by atoms with E-state index in [1.54, 1.807) is 12.3 Å². The van der Waals surface area contributed by atoms with Gasteiger partial charge in [-0.25, -0.2) is 0 Å². The van der Waals surface area contributed by atoms with Crippen molar-refractivity contribution in [3.63, 3.8) is 0 Å². The zero-order chi connectivity index (χ0) is 9.64. The second-order valence-electron chi connectivity index (χ2n) is 2.62. The lowest BCUT2D eigenvalue weighted by atomic mass is 10.2. The van der Waals surface area contributed by atoms with Crippen molar-refractivity contribution < 1.29 is 4.84 Å². The van der Waals surface area contributed by atoms with Crippen LogP contribution in [-0.2, 0) is 4.84 Å². The van der Waals surface area contributed by atoms with Gasteiger partial charge in [-0.1, -0.05) is 17.3 Å². The number of oxime groups is 1. The minimum absolute atomic E-state index is 0.707. The third kappa shape index (κ3) is 1.98. The van der Waals surface area contributed by atoms with Crippen LogP contribution >= 0.6 is 0 Å². The number of hydrogen-bond acceptors (Lipinski definition) is 4. The Morgan fingerprint density at radius 1 is 1.14 bits per heavy atom. The molecular weight excluding hydrogens is 178 g/mol. The molecule has 0 saturated carbocycles. The first kappa shape index (κ1) is 8.50. The van der Waals surface area contributed by atoms with Gasteiger partial charge >= 0.3 is 0 Å². The van der Waals surface area contributed by atoms with E-state index in [1.165, 1.54) is 6.26 Å². The number of rotatable bonds is 1. The fourth-order valence-electron chi connectivity index (χ4n) is 1.02. The smallest absolute Gasteiger partial charge is 0.128 e. The van der Waals surface area contributed by atoms with E-state index in [0.29, 0.717) is 5.71 Å². The maximum atomic E-state index is 4.89. The van der Waals surface area contributed by atoms with Gasteiger partial charge in [0.05, 0.1) is 5.70 Å². The lowest BCUT2D eigenvalue weighted by Crippen LogP contribution is -2.13. The van der Waals surface area contributed by atoms with Gasteiger partial charge < -0.3 is 4.84 Å². The molecule has 0 aliphatic carbocycles. The van der Waals surface area contributed by atoms with Crippen LogP contribution in [0.25, 0.3) is 0 Å². The molecule has 2 heterocycles. The molecule has 0 aromatic rings. The molecule has 0 fully saturated rings. The lowest BCUT2D eigenvalue weighted by molar-refractivity contribution is 0.269. The average molecular weight is 187 g/mol. The molecule has 0 unspecified atom stereocenters. The molecule has 14 heavy (non-hydrogen) atoms. The van der Waals surface area contributed by atoms with Gasteiger partial charge in [-0.3, -0.25) is 5.43 Å². The zero-order valence-electron chi connectivity index (χ0n) is 7.42. The molecule has 0 aromatic heterocycles. The number of nitrogens with one attached hydrogen (secondary N) is 1. The van der Waals surface area contributed by atoms with Crippen LogP contribution in [0.5, 0.6) is 0 Å². The topological polar surface area (TPSA) is 46.0 Å². The molecule has 2 aliphatic rings. The predicted molar refractivity (Wildman–Crippen MR) is 55.7 cm³/mol. The van der Waals surface area contributed by atoms with Crippen molar-refractivity contribution in [2.75, 3.05) is 0 Å². The summed E-state index contributed by atoms with van der Waals surface area (Å²) >= 11 is 0. The monoisotopic (exact) mass is 187 g/mol. The quantitative estimate of drug-likeness (QED) is 0.675. The van der Waals surface area contributed by atoms with Crippen LogP contribution in [0, 0.1) is 0 Å². The summed E-state index contributed by atoms with van der Waals surface area (Å²) in [7, 11) is 0. The molecule has 4 nitrogen and oxygen atoms in total. The first-order chi connectivity index (χ1) is 6.97. The summed E-state index contributed by atoms with van der Waals surface area (Å²) in [6.07, 6.45) is 14.2. The summed E-state index contributed by atoms with van der Waals surface area (Å²) < 4.78 is 0. The summed E-state index contributed by atoms with van der Waals surface area (Å²) in [5.74, 6) is 0. The average Bonchev–Trinajstić information content (AvgIpc) is 2.62. The van der Waals surface area contributed by atoms with Crippen molar-refractivity contribution >= 4 is 11.9 Å². The maximum Gasteiger partial charge on any atom is 0.128 e. The van der Waals surface area contributed by atoms with Crippen molar-refractivity contribution in [3.05, 3.63) is 48.4 Å². The van der Waals surface area contributed by atoms with Gasteiger partial charge in [0.15, 0.2) is 0 Å². The van der Waals surface area contributed by atoms with E-state index >= 15 is 0 Å². The molecule has 1 N–H and O–H groups in total. The second kappa shape index (κ2) is 4.23. The van der Waals surface area contributed by atoms with Crippen molar-refractivity contribution in [1.29, 1.82) is 0 Å². The van der Waals surface area contributed by atoms with Crippen molar-refractivity contribution in [1.82, 2.24) is 5.43 Å². The van der Waals surface area contributed by atoms with Crippen LogP contribution in [-0.4, -0.2) is 11.9 Å². The molecule has 0 bridgehead atoms. The van der Waals surface area contributed by atoms with E-state index in [1.807, 2.05) is 30.4 Å². The lowest BCUT2D eigenvalue weighted by Gasteiger charge is -2.03. The summed E-state index contributed by atoms with van der Waals surface area (Å²) in [5, 5.41) is 7.83. The number of hydrazone groups is 1. The summed E-state index contributed by atoms with van der Waals surface area (Å²) in [4.78, 5) is 4.89. The predicted octanol–water partition coefficient (Wildman–Crippen LogP) is 1.47. The normalized spacial score (nSPS) is 18.9. The van der Waals surface area contributed by atoms with Gasteiger partial charge in [0, 0.05) is 6.21 Å². The van der Waals surface area contributed by atoms with Crippen molar-refractivity contribution in [2.45, 2.75) is 0 Å². The molecule has 0 saturated heterocycles. The summed E-state index contributed by atoms with van der Waals surface area (Å²) in [5.41, 5.74) is 4.37. The van der Waals surface area contributed by atoms with Crippen LogP contribution in [0.3, 0.4) is 0 Å². The minimum Gasteiger partial charge on any atom is -0.364 e. The Morgan fingerprint density at radius 3 is 3.14 bits per heavy atom. The largest absolute Gasteiger partial charge is 0.364 e. The van der Waals surface area contributed by atoms with Crippen LogP contribution in [0.4, 0.5) is 0 Å². The number of hydrogen-bond donors (Lipinski definition) is 1. The molecule has 0 atom stereocenters. The Hall–Kier alpha value is -2.10. The summed E-state index contributed by atoms with van der Waals surface area (Å²) in [6, 6.07) is 0. The molecule has 4 heteroatoms. The van der Waals surface area contributed by atoms with Gasteiger partial charge in [-0.15, -0.1) is 0 Å². The fourth-order valence-corrected chi connectivity index (χ4v) is 1.02. The van der Waals surface area contributed by atoms with Crippen LogP contribution in [0.15, 0.2) is 58.7 Å². The van der Waals surface area contributed by atoms with E-state index in [9.17, 15) is 0 Å². The summed E-state index contributed by atoms with van der Waals surface area (Å²) in [6.45, 7) is 0. The van der Waals surface area contributed by atoms with Crippen LogP contribution in [0.2, 0.25) is 0 Å². The first-order valence-corrected chi connectivity index (χ1v) is 4.20. The molecule has 2 rings (SSSR count). The Balaban J connectivity index is 2.22. The number of nitrogens with zero attached hydrogens (tertiary/aromatic N) is 2. The van der Waals surface area contributed by atoms with Crippen molar-refractivity contribution in [3.8, 4) is 0 Å². The first-order valence-electron chi connectivity index (χ1n) is 4.20. The maximum absolute atomic E-state index is 4.89. The Labute approximate surface area is 81.6 Å². The van der Waals surface area contributed by atoms with E-state index in [-0.39, 0.29) is 0 Å². The van der Waals surface area contributed by atoms with E-state index < -0.39 is 0 Å². The van der Waals surface area contributed by atoms with Crippen molar-refractivity contribution in [2.24, 2.45) is 10.3 Å². The molecule has 0 radical (unpaired) electrons. The molecule has 2 aliphatic heterocycles. The molecular formula is C10H9N3O. The fraction of sp³-hybridized carbons (Fsp3) is 0. The molecule has 0 aromatic carbocycles. The minimum atomic E-state index is 0.707. The molecule has 70 valence electrons. The molecule has 0 amide bonds. The SMILES string of the molecule is C1=CC=C(C2=NOC=CC=C2)NN=C1. The highest BCUT2D eigenvalue weighted by molar-refractivity contribution is 6.08. The third-order valence-electron chi connectivity index (χ3n) is 1.65. The Bertz CT molecular complexity index is 386. The Kier molecular flexibility index (Phi) is 2.56. The van der Waals surface area contributed by atoms with E-state index in [0.717, 1.165) is 5.70 Å². The van der Waals surface area contributed by atoms with E-state index in [4.69, 9.17) is 4.84 Å². The Morgan fingerprint density at radius 2 is 2.14 bits per heavy atom. The van der Waals surface area contributed by atoms with Gasteiger partial charge in [-0.2, -0.15) is 5.10 Å². The highest BCUT2D eigenvalue weighted by Crippen LogP contribution is 2.03. The highest BCUT2D eigenvalue weighted by Gasteiger charge is 2.04. The standard InChI is InChI=1S/C10H9N3O/c1-3-7-11-12-9(5-1)10-6-2-4-8-14-13-10/h1-8,12H. The van der Waals surface area contributed by atoms with Crippen LogP contribution in [0.1, 0.15) is 0 Å². The van der Waals surface area contributed by atoms with Crippen LogP contribution < -0.4 is 5.43 Å². The molecule has 0 spiro atoms. The van der Waals surface area contributed by atoms with Gasteiger partial charge in [-0.05, 0) is 24.3 Å². The van der Waals surface area contributed by atoms with E-state index in [2.05, 4.69) is 15.7 Å². The number of allylic oxidation sites excluding steroid dienone is 6. The van der Waals surface area contributed by atoms with Gasteiger partial charge in [0.1, 0.15) is 12.0 Å².